The summed E-state index contributed by atoms with van der Waals surface area (Å²) in [6, 6.07) is 9.41. The Balaban J connectivity index is 0.00000200. The van der Waals surface area contributed by atoms with Gasteiger partial charge < -0.3 is 10.9 Å². The molecule has 1 aromatic carbocycles. The first-order valence-corrected chi connectivity index (χ1v) is 6.13. The fraction of sp³-hybridized carbons (Fsp3) is 0.429. The molecule has 0 spiro atoms. The summed E-state index contributed by atoms with van der Waals surface area (Å²) < 4.78 is 9.91. The first-order valence-electron chi connectivity index (χ1n) is 6.13. The molecule has 0 radical (unpaired) electrons. The Morgan fingerprint density at radius 1 is 1.30 bits per heavy atom. The fourth-order valence-electron chi connectivity index (χ4n) is 1.98. The number of esters is 1. The van der Waals surface area contributed by atoms with Crippen molar-refractivity contribution in [3.05, 3.63) is 35.9 Å². The van der Waals surface area contributed by atoms with Crippen molar-refractivity contribution in [1.82, 2.24) is 4.90 Å². The largest absolute Gasteiger partial charge is 1.00 e. The van der Waals surface area contributed by atoms with E-state index in [1.165, 1.54) is 12.0 Å². The maximum atomic E-state index is 11.9. The van der Waals surface area contributed by atoms with E-state index >= 15 is 0 Å². The van der Waals surface area contributed by atoms with Crippen LogP contribution in [-0.4, -0.2) is 36.7 Å². The molecule has 1 aliphatic rings. The number of carbonyl (C=O) groups is 2. The summed E-state index contributed by atoms with van der Waals surface area (Å²) in [5.74, 6) is -0.383. The van der Waals surface area contributed by atoms with Crippen LogP contribution in [0.5, 0.6) is 0 Å². The number of methoxy groups -OCH3 is 1. The average molecular weight is 287 g/mol. The van der Waals surface area contributed by atoms with Gasteiger partial charge in [0.15, 0.2) is 0 Å². The Morgan fingerprint density at radius 2 is 1.90 bits per heavy atom. The smallest absolute Gasteiger partial charge is 1.00 e. The summed E-state index contributed by atoms with van der Waals surface area (Å²) in [4.78, 5) is 24.9. The zero-order chi connectivity index (χ0) is 13.9. The van der Waals surface area contributed by atoms with Crippen LogP contribution in [0.25, 0.3) is 0 Å². The first-order chi connectivity index (χ1) is 9.10. The minimum absolute atomic E-state index is 0. The summed E-state index contributed by atoms with van der Waals surface area (Å²) in [7, 11) is 2.89. The van der Waals surface area contributed by atoms with E-state index in [2.05, 4.69) is 0 Å². The second kappa shape index (κ2) is 7.11. The van der Waals surface area contributed by atoms with Gasteiger partial charge in [-0.1, -0.05) is 30.3 Å². The molecule has 20 heavy (non-hydrogen) atoms. The van der Waals surface area contributed by atoms with E-state index in [4.69, 9.17) is 9.47 Å². The maximum Gasteiger partial charge on any atom is 1.00 e. The molecule has 1 saturated carbocycles. The zero-order valence-corrected chi connectivity index (χ0v) is 14.1. The van der Waals surface area contributed by atoms with Crippen LogP contribution in [0, 0.1) is 0 Å². The van der Waals surface area contributed by atoms with Crippen LogP contribution in [0.15, 0.2) is 30.3 Å². The number of hydrogen-bond donors (Lipinski definition) is 0. The van der Waals surface area contributed by atoms with Gasteiger partial charge in [-0.15, -0.1) is 0 Å². The average Bonchev–Trinajstić information content (AvgIpc) is 3.25. The zero-order valence-electron chi connectivity index (χ0n) is 13.1. The van der Waals surface area contributed by atoms with Gasteiger partial charge >= 0.3 is 41.6 Å². The number of carbonyl (C=O) groups excluding carboxylic acids is 2. The van der Waals surface area contributed by atoms with Gasteiger partial charge in [-0.3, -0.25) is 4.90 Å². The van der Waals surface area contributed by atoms with Gasteiger partial charge in [-0.05, 0) is 18.4 Å². The molecule has 0 atom stereocenters. The molecule has 0 heterocycles. The van der Waals surface area contributed by atoms with Gasteiger partial charge in [0, 0.05) is 7.05 Å². The monoisotopic (exact) mass is 287 g/mol. The molecule has 0 unspecified atom stereocenters. The van der Waals surface area contributed by atoms with Crippen molar-refractivity contribution in [2.45, 2.75) is 25.0 Å². The van der Waals surface area contributed by atoms with Gasteiger partial charge in [0.2, 0.25) is 0 Å². The van der Waals surface area contributed by atoms with Crippen LogP contribution in [0.1, 0.15) is 19.8 Å². The molecule has 1 aliphatic carbocycles. The Labute approximate surface area is 142 Å². The maximum absolute atomic E-state index is 11.9. The van der Waals surface area contributed by atoms with E-state index in [9.17, 15) is 9.59 Å². The third-order valence-corrected chi connectivity index (χ3v) is 3.41. The third kappa shape index (κ3) is 3.53. The van der Waals surface area contributed by atoms with Crippen LogP contribution in [0.2, 0.25) is 0 Å². The molecule has 5 nitrogen and oxygen atoms in total. The van der Waals surface area contributed by atoms with E-state index in [0.29, 0.717) is 12.8 Å². The van der Waals surface area contributed by atoms with E-state index in [1.54, 1.807) is 7.05 Å². The Hall–Kier alpha value is -1.04. The number of benzene rings is 1. The van der Waals surface area contributed by atoms with Crippen LogP contribution in [-0.2, 0) is 20.9 Å². The molecule has 1 aromatic rings. The first kappa shape index (κ1) is 17.0. The fourth-order valence-corrected chi connectivity index (χ4v) is 1.98. The van der Waals surface area contributed by atoms with Crippen LogP contribution >= 0.6 is 0 Å². The molecule has 0 aliphatic heterocycles. The van der Waals surface area contributed by atoms with Crippen molar-refractivity contribution in [3.8, 4) is 0 Å². The van der Waals surface area contributed by atoms with Crippen molar-refractivity contribution >= 4 is 12.1 Å². The molecule has 1 fully saturated rings. The van der Waals surface area contributed by atoms with E-state index in [1.807, 2.05) is 30.3 Å². The van der Waals surface area contributed by atoms with Gasteiger partial charge in [0.25, 0.3) is 0 Å². The minimum Gasteiger partial charge on any atom is -1.00 e. The van der Waals surface area contributed by atoms with Gasteiger partial charge in [-0.25, -0.2) is 9.59 Å². The molecule has 0 N–H and O–H groups in total. The Bertz CT molecular complexity index is 479. The molecule has 0 aromatic heterocycles. The van der Waals surface area contributed by atoms with Crippen LogP contribution in [0.4, 0.5) is 4.79 Å². The topological polar surface area (TPSA) is 55.8 Å². The number of rotatable bonds is 4. The second-order valence-corrected chi connectivity index (χ2v) is 4.62. The van der Waals surface area contributed by atoms with Gasteiger partial charge in [-0.2, -0.15) is 0 Å². The molecule has 1 amide bonds. The Kier molecular flexibility index (Phi) is 6.05. The molecule has 0 bridgehead atoms. The van der Waals surface area contributed by atoms with Crippen molar-refractivity contribution < 1.29 is 50.0 Å². The van der Waals surface area contributed by atoms with Crippen molar-refractivity contribution in [1.29, 1.82) is 0 Å². The molecular weight excluding hydrogens is 269 g/mol. The number of hydrogen-bond acceptors (Lipinski definition) is 4. The van der Waals surface area contributed by atoms with E-state index in [0.717, 1.165) is 5.56 Å². The molecule has 6 heteroatoms. The third-order valence-electron chi connectivity index (χ3n) is 3.41. The van der Waals surface area contributed by atoms with Crippen LogP contribution in [0.3, 0.4) is 0 Å². The summed E-state index contributed by atoms with van der Waals surface area (Å²) in [6.45, 7) is 0.196. The van der Waals surface area contributed by atoms with E-state index < -0.39 is 11.6 Å². The van der Waals surface area contributed by atoms with Crippen molar-refractivity contribution in [3.63, 3.8) is 0 Å². The predicted octanol–water partition coefficient (Wildman–Crippen LogP) is -0.923. The Morgan fingerprint density at radius 3 is 2.40 bits per heavy atom. The van der Waals surface area contributed by atoms with Gasteiger partial charge in [0.1, 0.15) is 12.1 Å². The normalized spacial score (nSPS) is 14.7. The molecular formula is C14H18NNaO4. The second-order valence-electron chi connectivity index (χ2n) is 4.62. The molecule has 2 rings (SSSR count). The number of likely N-dealkylation sites (N-methyl/N-ethyl adjacent to an activating group) is 1. The van der Waals surface area contributed by atoms with E-state index in [-0.39, 0.29) is 43.6 Å². The summed E-state index contributed by atoms with van der Waals surface area (Å²) in [6.07, 6.45) is 0.736. The van der Waals surface area contributed by atoms with Crippen LogP contribution < -0.4 is 29.6 Å². The standard InChI is InChI=1S/C14H17NO4.Na.H/c1-15(14(8-9-14)12(16)18-2)13(17)19-10-11-6-4-3-5-7-11;;/h3-7H,8-10H2,1-2H3;;/q;+1;-1. The quantitative estimate of drug-likeness (QED) is 0.531. The SMILES string of the molecule is COC(=O)C1(N(C)C(=O)OCc2ccccc2)CC1.[H-].[Na+]. The van der Waals surface area contributed by atoms with Crippen molar-refractivity contribution in [2.24, 2.45) is 0 Å². The number of amides is 1. The van der Waals surface area contributed by atoms with Gasteiger partial charge in [0.05, 0.1) is 7.11 Å². The molecule has 0 saturated heterocycles. The summed E-state index contributed by atoms with van der Waals surface area (Å²) in [5, 5.41) is 0. The number of nitrogens with zero attached hydrogens (tertiary/aromatic N) is 1. The summed E-state index contributed by atoms with van der Waals surface area (Å²) in [5.41, 5.74) is 0.0925. The molecule has 104 valence electrons. The summed E-state index contributed by atoms with van der Waals surface area (Å²) >= 11 is 0. The number of ether oxygens (including phenoxy) is 2. The predicted molar refractivity (Wildman–Crippen MR) is 69.5 cm³/mol. The van der Waals surface area contributed by atoms with Crippen molar-refractivity contribution in [2.75, 3.05) is 14.2 Å². The minimum atomic E-state index is -0.817.